The standard InChI is InChI=1S/C12H27NS/c1-5-8-14-10-12(13-4)9-11(6-2)7-3/h11-13H,5-10H2,1-4H3. The molecule has 0 saturated carbocycles. The molecule has 2 heteroatoms. The average molecular weight is 217 g/mol. The third-order valence-electron chi connectivity index (χ3n) is 2.85. The summed E-state index contributed by atoms with van der Waals surface area (Å²) in [7, 11) is 2.10. The average Bonchev–Trinajstić information content (AvgIpc) is 2.23. The number of rotatable bonds is 9. The fraction of sp³-hybridized carbons (Fsp3) is 1.00. The molecule has 0 saturated heterocycles. The van der Waals surface area contributed by atoms with Crippen molar-refractivity contribution in [3.63, 3.8) is 0 Å². The zero-order valence-electron chi connectivity index (χ0n) is 10.3. The van der Waals surface area contributed by atoms with Crippen molar-refractivity contribution < 1.29 is 0 Å². The molecule has 0 rings (SSSR count). The Bertz CT molecular complexity index is 113. The van der Waals surface area contributed by atoms with Crippen molar-refractivity contribution >= 4 is 11.8 Å². The lowest BCUT2D eigenvalue weighted by Crippen LogP contribution is -2.30. The van der Waals surface area contributed by atoms with Crippen LogP contribution in [0.5, 0.6) is 0 Å². The van der Waals surface area contributed by atoms with E-state index in [1.165, 1.54) is 37.2 Å². The summed E-state index contributed by atoms with van der Waals surface area (Å²) in [5, 5.41) is 3.44. The van der Waals surface area contributed by atoms with Gasteiger partial charge in [0.1, 0.15) is 0 Å². The van der Waals surface area contributed by atoms with Gasteiger partial charge in [-0.25, -0.2) is 0 Å². The second-order valence-corrected chi connectivity index (χ2v) is 5.13. The highest BCUT2D eigenvalue weighted by Crippen LogP contribution is 2.17. The first kappa shape index (κ1) is 14.3. The van der Waals surface area contributed by atoms with Gasteiger partial charge in [0.05, 0.1) is 0 Å². The zero-order valence-corrected chi connectivity index (χ0v) is 11.1. The largest absolute Gasteiger partial charge is 0.316 e. The van der Waals surface area contributed by atoms with Gasteiger partial charge in [-0.15, -0.1) is 0 Å². The first-order valence-electron chi connectivity index (χ1n) is 6.03. The maximum absolute atomic E-state index is 3.44. The molecule has 0 aliphatic heterocycles. The van der Waals surface area contributed by atoms with Gasteiger partial charge in [-0.3, -0.25) is 0 Å². The predicted molar refractivity (Wildman–Crippen MR) is 69.2 cm³/mol. The Morgan fingerprint density at radius 3 is 2.21 bits per heavy atom. The number of thioether (sulfide) groups is 1. The second kappa shape index (κ2) is 9.85. The van der Waals surface area contributed by atoms with Crippen LogP contribution in [0.2, 0.25) is 0 Å². The molecule has 0 aromatic rings. The molecule has 1 nitrogen and oxygen atoms in total. The summed E-state index contributed by atoms with van der Waals surface area (Å²) in [6, 6.07) is 0.719. The zero-order chi connectivity index (χ0) is 10.8. The Balaban J connectivity index is 3.65. The molecular weight excluding hydrogens is 190 g/mol. The lowest BCUT2D eigenvalue weighted by Gasteiger charge is -2.21. The van der Waals surface area contributed by atoms with Gasteiger partial charge in [-0.1, -0.05) is 33.6 Å². The van der Waals surface area contributed by atoms with Crippen molar-refractivity contribution in [1.82, 2.24) is 5.32 Å². The number of nitrogens with one attached hydrogen (secondary N) is 1. The molecule has 0 aliphatic carbocycles. The quantitative estimate of drug-likeness (QED) is 0.593. The van der Waals surface area contributed by atoms with Crippen molar-refractivity contribution in [2.75, 3.05) is 18.6 Å². The van der Waals surface area contributed by atoms with Crippen LogP contribution in [-0.4, -0.2) is 24.6 Å². The number of hydrogen-bond donors (Lipinski definition) is 1. The molecule has 0 spiro atoms. The van der Waals surface area contributed by atoms with Crippen LogP contribution in [0, 0.1) is 5.92 Å². The van der Waals surface area contributed by atoms with Crippen molar-refractivity contribution in [2.45, 2.75) is 52.5 Å². The van der Waals surface area contributed by atoms with Gasteiger partial charge in [0.2, 0.25) is 0 Å². The molecule has 1 atom stereocenters. The summed E-state index contributed by atoms with van der Waals surface area (Å²) >= 11 is 2.09. The van der Waals surface area contributed by atoms with Crippen molar-refractivity contribution in [2.24, 2.45) is 5.92 Å². The van der Waals surface area contributed by atoms with Crippen LogP contribution in [-0.2, 0) is 0 Å². The molecular formula is C12H27NS. The van der Waals surface area contributed by atoms with Crippen LogP contribution in [0.3, 0.4) is 0 Å². The third-order valence-corrected chi connectivity index (χ3v) is 4.18. The normalized spacial score (nSPS) is 13.5. The summed E-state index contributed by atoms with van der Waals surface area (Å²) in [5.41, 5.74) is 0. The molecule has 1 N–H and O–H groups in total. The van der Waals surface area contributed by atoms with E-state index < -0.39 is 0 Å². The molecule has 1 unspecified atom stereocenters. The SMILES string of the molecule is CCCSCC(CC(CC)CC)NC. The van der Waals surface area contributed by atoms with E-state index >= 15 is 0 Å². The van der Waals surface area contributed by atoms with Crippen LogP contribution in [0.1, 0.15) is 46.5 Å². The van der Waals surface area contributed by atoms with Crippen molar-refractivity contribution in [3.8, 4) is 0 Å². The van der Waals surface area contributed by atoms with Crippen LogP contribution in [0.15, 0.2) is 0 Å². The highest BCUT2D eigenvalue weighted by atomic mass is 32.2. The van der Waals surface area contributed by atoms with E-state index in [2.05, 4.69) is 44.9 Å². The predicted octanol–water partition coefficient (Wildman–Crippen LogP) is 3.54. The Kier molecular flexibility index (Phi) is 10.1. The molecule has 86 valence electrons. The smallest absolute Gasteiger partial charge is 0.0157 e. The maximum Gasteiger partial charge on any atom is 0.0157 e. The van der Waals surface area contributed by atoms with Gasteiger partial charge in [0.15, 0.2) is 0 Å². The Hall–Kier alpha value is 0.310. The van der Waals surface area contributed by atoms with Gasteiger partial charge in [0, 0.05) is 11.8 Å². The summed E-state index contributed by atoms with van der Waals surface area (Å²) in [5.74, 6) is 3.50. The number of hydrogen-bond acceptors (Lipinski definition) is 2. The van der Waals surface area contributed by atoms with E-state index in [4.69, 9.17) is 0 Å². The van der Waals surface area contributed by atoms with Crippen LogP contribution < -0.4 is 5.32 Å². The summed E-state index contributed by atoms with van der Waals surface area (Å²) in [6.45, 7) is 6.86. The highest BCUT2D eigenvalue weighted by molar-refractivity contribution is 7.99. The van der Waals surface area contributed by atoms with Gasteiger partial charge < -0.3 is 5.32 Å². The van der Waals surface area contributed by atoms with E-state index in [0.29, 0.717) is 0 Å². The van der Waals surface area contributed by atoms with Gasteiger partial charge in [0.25, 0.3) is 0 Å². The molecule has 0 fully saturated rings. The van der Waals surface area contributed by atoms with Crippen LogP contribution in [0.25, 0.3) is 0 Å². The minimum absolute atomic E-state index is 0.719. The summed E-state index contributed by atoms with van der Waals surface area (Å²) in [4.78, 5) is 0. The first-order chi connectivity index (χ1) is 6.78. The lowest BCUT2D eigenvalue weighted by molar-refractivity contribution is 0.397. The molecule has 0 aromatic heterocycles. The summed E-state index contributed by atoms with van der Waals surface area (Å²) < 4.78 is 0. The van der Waals surface area contributed by atoms with Crippen molar-refractivity contribution in [1.29, 1.82) is 0 Å². The Morgan fingerprint density at radius 1 is 1.14 bits per heavy atom. The maximum atomic E-state index is 3.44. The van der Waals surface area contributed by atoms with E-state index in [1.54, 1.807) is 0 Å². The van der Waals surface area contributed by atoms with Gasteiger partial charge >= 0.3 is 0 Å². The monoisotopic (exact) mass is 217 g/mol. The Labute approximate surface area is 94.4 Å². The molecule has 0 aliphatic rings. The molecule has 0 bridgehead atoms. The van der Waals surface area contributed by atoms with Crippen LogP contribution in [0.4, 0.5) is 0 Å². The molecule has 14 heavy (non-hydrogen) atoms. The fourth-order valence-corrected chi connectivity index (χ4v) is 2.71. The van der Waals surface area contributed by atoms with Gasteiger partial charge in [-0.2, -0.15) is 11.8 Å². The minimum Gasteiger partial charge on any atom is -0.316 e. The summed E-state index contributed by atoms with van der Waals surface area (Å²) in [6.07, 6.45) is 5.30. The molecule has 0 heterocycles. The Morgan fingerprint density at radius 2 is 1.79 bits per heavy atom. The topological polar surface area (TPSA) is 12.0 Å². The van der Waals surface area contributed by atoms with E-state index in [-0.39, 0.29) is 0 Å². The van der Waals surface area contributed by atoms with Crippen LogP contribution >= 0.6 is 11.8 Å². The second-order valence-electron chi connectivity index (χ2n) is 3.98. The minimum atomic E-state index is 0.719. The molecule has 0 radical (unpaired) electrons. The fourth-order valence-electron chi connectivity index (χ4n) is 1.66. The first-order valence-corrected chi connectivity index (χ1v) is 7.18. The van der Waals surface area contributed by atoms with E-state index in [0.717, 1.165) is 12.0 Å². The van der Waals surface area contributed by atoms with E-state index in [9.17, 15) is 0 Å². The lowest BCUT2D eigenvalue weighted by atomic mass is 9.95. The van der Waals surface area contributed by atoms with Gasteiger partial charge in [-0.05, 0) is 31.6 Å². The highest BCUT2D eigenvalue weighted by Gasteiger charge is 2.11. The third kappa shape index (κ3) is 6.72. The van der Waals surface area contributed by atoms with Crippen molar-refractivity contribution in [3.05, 3.63) is 0 Å². The molecule has 0 amide bonds. The molecule has 0 aromatic carbocycles. The van der Waals surface area contributed by atoms with E-state index in [1.807, 2.05) is 0 Å².